The smallest absolute Gasteiger partial charge is 0.335 e. The van der Waals surface area contributed by atoms with Crippen LogP contribution < -0.4 is 5.32 Å². The van der Waals surface area contributed by atoms with Crippen LogP contribution in [0.4, 0.5) is 0 Å². The summed E-state index contributed by atoms with van der Waals surface area (Å²) in [6, 6.07) is 22.4. The van der Waals surface area contributed by atoms with E-state index in [1.54, 1.807) is 24.3 Å². The third kappa shape index (κ3) is 6.15. The van der Waals surface area contributed by atoms with E-state index in [1.807, 2.05) is 54.6 Å². The van der Waals surface area contributed by atoms with Crippen molar-refractivity contribution in [2.24, 2.45) is 0 Å². The first-order valence-electron chi connectivity index (χ1n) is 12.5. The molecule has 0 aliphatic heterocycles. The molecule has 37 heavy (non-hydrogen) atoms. The van der Waals surface area contributed by atoms with E-state index in [0.717, 1.165) is 59.9 Å². The number of carboxylic acid groups (broad SMARTS) is 1. The first kappa shape index (κ1) is 25.9. The lowest BCUT2D eigenvalue weighted by Crippen LogP contribution is -2.45. The molecule has 6 nitrogen and oxygen atoms in total. The van der Waals surface area contributed by atoms with Gasteiger partial charge in [0.05, 0.1) is 18.1 Å². The van der Waals surface area contributed by atoms with Gasteiger partial charge in [-0.1, -0.05) is 79.9 Å². The first-order chi connectivity index (χ1) is 17.9. The quantitative estimate of drug-likeness (QED) is 0.305. The van der Waals surface area contributed by atoms with Crippen LogP contribution in [-0.2, 0) is 26.3 Å². The molecule has 4 rings (SSSR count). The van der Waals surface area contributed by atoms with Crippen LogP contribution in [0.5, 0.6) is 0 Å². The largest absolute Gasteiger partial charge is 0.478 e. The van der Waals surface area contributed by atoms with Gasteiger partial charge in [0.2, 0.25) is 5.91 Å². The van der Waals surface area contributed by atoms with Gasteiger partial charge in [-0.3, -0.25) is 4.79 Å². The second-order valence-electron chi connectivity index (χ2n) is 9.39. The van der Waals surface area contributed by atoms with Crippen LogP contribution in [0.15, 0.2) is 78.9 Å². The molecule has 6 heteroatoms. The van der Waals surface area contributed by atoms with Crippen LogP contribution in [0.1, 0.15) is 59.2 Å². The Hall–Kier alpha value is -4.19. The lowest BCUT2D eigenvalue weighted by atomic mass is 9.68. The topological polar surface area (TPSA) is 92.7 Å². The Morgan fingerprint density at radius 2 is 1.65 bits per heavy atom. The Morgan fingerprint density at radius 3 is 2.35 bits per heavy atom. The molecular formula is C31H31NO5. The van der Waals surface area contributed by atoms with E-state index in [1.165, 1.54) is 13.2 Å². The standard InChI is InChI=1S/C31H31NO5/c1-37-28(33)16-13-22-7-5-10-27(19-22)31(17-3-2-4-18-31)30(36)32-21-23-11-14-24(15-12-23)25-8-6-9-26(20-25)29(34)35/h5-16,19-20H,2-4,17-18,21H2,1H3,(H,32,36)(H,34,35)/b16-13+. The molecule has 0 unspecified atom stereocenters. The summed E-state index contributed by atoms with van der Waals surface area (Å²) in [4.78, 5) is 36.4. The van der Waals surface area contributed by atoms with Gasteiger partial charge >= 0.3 is 11.9 Å². The molecule has 0 spiro atoms. The summed E-state index contributed by atoms with van der Waals surface area (Å²) in [5.74, 6) is -1.36. The molecule has 0 bridgehead atoms. The highest BCUT2D eigenvalue weighted by atomic mass is 16.5. The fourth-order valence-corrected chi connectivity index (χ4v) is 4.97. The number of nitrogens with one attached hydrogen (secondary N) is 1. The van der Waals surface area contributed by atoms with Gasteiger partial charge in [0.25, 0.3) is 0 Å². The van der Waals surface area contributed by atoms with Gasteiger partial charge in [0.15, 0.2) is 0 Å². The number of rotatable bonds is 8. The van der Waals surface area contributed by atoms with Crippen molar-refractivity contribution >= 4 is 23.9 Å². The molecular weight excluding hydrogens is 466 g/mol. The Kier molecular flexibility index (Phi) is 8.18. The number of carbonyl (C=O) groups is 3. The number of esters is 1. The van der Waals surface area contributed by atoms with E-state index < -0.39 is 17.4 Å². The first-order valence-corrected chi connectivity index (χ1v) is 12.5. The zero-order valence-corrected chi connectivity index (χ0v) is 20.9. The summed E-state index contributed by atoms with van der Waals surface area (Å²) in [6.07, 6.45) is 7.73. The van der Waals surface area contributed by atoms with E-state index in [0.29, 0.717) is 6.54 Å². The molecule has 190 valence electrons. The van der Waals surface area contributed by atoms with Crippen molar-refractivity contribution in [1.29, 1.82) is 0 Å². The highest BCUT2D eigenvalue weighted by molar-refractivity contribution is 5.90. The average Bonchev–Trinajstić information content (AvgIpc) is 2.95. The van der Waals surface area contributed by atoms with Gasteiger partial charge in [-0.25, -0.2) is 9.59 Å². The lowest BCUT2D eigenvalue weighted by molar-refractivity contribution is -0.134. The van der Waals surface area contributed by atoms with Crippen molar-refractivity contribution in [1.82, 2.24) is 5.32 Å². The predicted molar refractivity (Wildman–Crippen MR) is 143 cm³/mol. The fraction of sp³-hybridized carbons (Fsp3) is 0.258. The van der Waals surface area contributed by atoms with E-state index in [9.17, 15) is 19.5 Å². The highest BCUT2D eigenvalue weighted by Crippen LogP contribution is 2.40. The molecule has 3 aromatic rings. The van der Waals surface area contributed by atoms with Crippen LogP contribution in [0.3, 0.4) is 0 Å². The van der Waals surface area contributed by atoms with Crippen molar-refractivity contribution < 1.29 is 24.2 Å². The number of ether oxygens (including phenoxy) is 1. The number of amides is 1. The van der Waals surface area contributed by atoms with Crippen molar-refractivity contribution in [2.75, 3.05) is 7.11 Å². The summed E-state index contributed by atoms with van der Waals surface area (Å²) in [7, 11) is 1.34. The maximum Gasteiger partial charge on any atom is 0.335 e. The molecule has 1 saturated carbocycles. The summed E-state index contributed by atoms with van der Waals surface area (Å²) in [6.45, 7) is 0.401. The van der Waals surface area contributed by atoms with Crippen LogP contribution in [0, 0.1) is 0 Å². The lowest BCUT2D eigenvalue weighted by Gasteiger charge is -2.36. The highest BCUT2D eigenvalue weighted by Gasteiger charge is 2.41. The zero-order chi connectivity index (χ0) is 26.3. The molecule has 1 amide bonds. The zero-order valence-electron chi connectivity index (χ0n) is 20.9. The number of carboxylic acids is 1. The molecule has 1 aliphatic carbocycles. The third-order valence-electron chi connectivity index (χ3n) is 7.04. The summed E-state index contributed by atoms with van der Waals surface area (Å²) >= 11 is 0. The number of benzene rings is 3. The predicted octanol–water partition coefficient (Wildman–Crippen LogP) is 5.76. The average molecular weight is 498 g/mol. The summed E-state index contributed by atoms with van der Waals surface area (Å²) in [5.41, 5.74) is 4.17. The van der Waals surface area contributed by atoms with E-state index in [-0.39, 0.29) is 11.5 Å². The van der Waals surface area contributed by atoms with Gasteiger partial charge in [0, 0.05) is 12.6 Å². The summed E-state index contributed by atoms with van der Waals surface area (Å²) in [5, 5.41) is 12.4. The Labute approximate surface area is 217 Å². The Balaban J connectivity index is 1.49. The van der Waals surface area contributed by atoms with Crippen LogP contribution in [-0.4, -0.2) is 30.1 Å². The number of hydrogen-bond acceptors (Lipinski definition) is 4. The second kappa shape index (κ2) is 11.7. The molecule has 0 atom stereocenters. The molecule has 0 saturated heterocycles. The molecule has 2 N–H and O–H groups in total. The van der Waals surface area contributed by atoms with Crippen molar-refractivity contribution in [3.8, 4) is 11.1 Å². The van der Waals surface area contributed by atoms with Crippen LogP contribution in [0.2, 0.25) is 0 Å². The van der Waals surface area contributed by atoms with Crippen molar-refractivity contribution in [2.45, 2.75) is 44.1 Å². The third-order valence-corrected chi connectivity index (χ3v) is 7.04. The van der Waals surface area contributed by atoms with E-state index >= 15 is 0 Å². The van der Waals surface area contributed by atoms with Gasteiger partial charge in [0.1, 0.15) is 0 Å². The number of carbonyl (C=O) groups excluding carboxylic acids is 2. The normalized spacial score (nSPS) is 14.7. The minimum Gasteiger partial charge on any atom is -0.478 e. The monoisotopic (exact) mass is 497 g/mol. The Bertz CT molecular complexity index is 1300. The minimum absolute atomic E-state index is 0.0135. The van der Waals surface area contributed by atoms with Crippen molar-refractivity contribution in [3.63, 3.8) is 0 Å². The maximum atomic E-state index is 13.6. The van der Waals surface area contributed by atoms with Crippen LogP contribution in [0.25, 0.3) is 17.2 Å². The molecule has 0 heterocycles. The number of hydrogen-bond donors (Lipinski definition) is 2. The molecule has 1 aliphatic rings. The van der Waals surface area contributed by atoms with Gasteiger partial charge in [-0.15, -0.1) is 0 Å². The summed E-state index contributed by atoms with van der Waals surface area (Å²) < 4.78 is 4.68. The second-order valence-corrected chi connectivity index (χ2v) is 9.39. The molecule has 1 fully saturated rings. The minimum atomic E-state index is -0.956. The van der Waals surface area contributed by atoms with Gasteiger partial charge < -0.3 is 15.2 Å². The van der Waals surface area contributed by atoms with E-state index in [2.05, 4.69) is 10.1 Å². The van der Waals surface area contributed by atoms with E-state index in [4.69, 9.17) is 0 Å². The maximum absolute atomic E-state index is 13.6. The molecule has 0 radical (unpaired) electrons. The molecule has 0 aromatic heterocycles. The number of aromatic carboxylic acids is 1. The van der Waals surface area contributed by atoms with Gasteiger partial charge in [-0.2, -0.15) is 0 Å². The van der Waals surface area contributed by atoms with Gasteiger partial charge in [-0.05, 0) is 58.9 Å². The number of methoxy groups -OCH3 is 1. The van der Waals surface area contributed by atoms with Crippen LogP contribution >= 0.6 is 0 Å². The fourth-order valence-electron chi connectivity index (χ4n) is 4.97. The molecule has 3 aromatic carbocycles. The SMILES string of the molecule is COC(=O)/C=C/c1cccc(C2(C(=O)NCc3ccc(-c4cccc(C(=O)O)c4)cc3)CCCCC2)c1. The Morgan fingerprint density at radius 1 is 0.919 bits per heavy atom. The van der Waals surface area contributed by atoms with Crippen molar-refractivity contribution in [3.05, 3.63) is 101 Å².